The Balaban J connectivity index is 1.61. The molecule has 0 atom stereocenters. The molecule has 0 fully saturated rings. The van der Waals surface area contributed by atoms with Crippen LogP contribution in [0.3, 0.4) is 0 Å². The second-order valence-electron chi connectivity index (χ2n) is 5.62. The van der Waals surface area contributed by atoms with Crippen molar-refractivity contribution >= 4 is 11.3 Å². The van der Waals surface area contributed by atoms with Gasteiger partial charge in [-0.15, -0.1) is 11.3 Å². The molecule has 0 unspecified atom stereocenters. The highest BCUT2D eigenvalue weighted by Crippen LogP contribution is 2.26. The molecule has 24 heavy (non-hydrogen) atoms. The summed E-state index contributed by atoms with van der Waals surface area (Å²) in [5.74, 6) is 1.12. The van der Waals surface area contributed by atoms with Gasteiger partial charge in [0.25, 0.3) is 5.89 Å². The average molecular weight is 333 g/mol. The highest BCUT2D eigenvalue weighted by atomic mass is 32.1. The first-order chi connectivity index (χ1) is 11.7. The van der Waals surface area contributed by atoms with Gasteiger partial charge in [0.05, 0.1) is 10.7 Å². The molecule has 2 heterocycles. The van der Waals surface area contributed by atoms with Crippen LogP contribution < -0.4 is 0 Å². The molecule has 0 spiro atoms. The van der Waals surface area contributed by atoms with E-state index >= 15 is 0 Å². The van der Waals surface area contributed by atoms with Crippen molar-refractivity contribution in [1.29, 1.82) is 0 Å². The van der Waals surface area contributed by atoms with Crippen LogP contribution in [0.15, 0.2) is 58.4 Å². The van der Waals surface area contributed by atoms with Crippen molar-refractivity contribution < 1.29 is 4.52 Å². The molecule has 0 bridgehead atoms. The first-order valence-corrected chi connectivity index (χ1v) is 8.51. The average Bonchev–Trinajstić information content (AvgIpc) is 3.25. The van der Waals surface area contributed by atoms with Crippen molar-refractivity contribution in [2.45, 2.75) is 13.8 Å². The maximum Gasteiger partial charge on any atom is 0.258 e. The third kappa shape index (κ3) is 2.86. The molecule has 4 aromatic rings. The Morgan fingerprint density at radius 2 is 1.46 bits per heavy atom. The van der Waals surface area contributed by atoms with E-state index in [1.54, 1.807) is 11.3 Å². The number of hydrogen-bond acceptors (Lipinski definition) is 5. The van der Waals surface area contributed by atoms with E-state index in [1.807, 2.05) is 55.5 Å². The van der Waals surface area contributed by atoms with Crippen molar-refractivity contribution in [1.82, 2.24) is 15.1 Å². The van der Waals surface area contributed by atoms with E-state index in [2.05, 4.69) is 27.4 Å². The van der Waals surface area contributed by atoms with Gasteiger partial charge in [0.1, 0.15) is 0 Å². The lowest BCUT2D eigenvalue weighted by molar-refractivity contribution is 0.432. The fourth-order valence-corrected chi connectivity index (χ4v) is 3.06. The molecule has 0 aliphatic heterocycles. The van der Waals surface area contributed by atoms with E-state index in [-0.39, 0.29) is 0 Å². The van der Waals surface area contributed by atoms with Gasteiger partial charge in [0, 0.05) is 22.1 Å². The van der Waals surface area contributed by atoms with Crippen LogP contribution in [0.2, 0.25) is 0 Å². The minimum Gasteiger partial charge on any atom is -0.334 e. The number of aryl methyl sites for hydroxylation is 2. The van der Waals surface area contributed by atoms with E-state index in [0.29, 0.717) is 11.7 Å². The third-order valence-electron chi connectivity index (χ3n) is 3.78. The van der Waals surface area contributed by atoms with Crippen molar-refractivity contribution in [3.8, 4) is 34.1 Å². The molecule has 4 rings (SSSR count). The van der Waals surface area contributed by atoms with Crippen LogP contribution in [0, 0.1) is 13.8 Å². The number of aromatic nitrogens is 3. The number of hydrogen-bond donors (Lipinski definition) is 0. The predicted molar refractivity (Wildman–Crippen MR) is 95.8 cm³/mol. The quantitative estimate of drug-likeness (QED) is 0.520. The zero-order valence-corrected chi connectivity index (χ0v) is 14.2. The standard InChI is InChI=1S/C19H15N3OS/c1-12-3-5-16(6-4-12)19-21-18(22-23-19)15-9-7-14(8-10-15)17-11-24-13(2)20-17/h3-11H,1-2H3. The van der Waals surface area contributed by atoms with Gasteiger partial charge in [-0.2, -0.15) is 4.98 Å². The minimum absolute atomic E-state index is 0.532. The maximum absolute atomic E-state index is 5.39. The molecule has 0 saturated heterocycles. The summed E-state index contributed by atoms with van der Waals surface area (Å²) in [5.41, 5.74) is 5.14. The molecule has 2 aromatic heterocycles. The summed E-state index contributed by atoms with van der Waals surface area (Å²) in [4.78, 5) is 9.00. The van der Waals surface area contributed by atoms with Crippen molar-refractivity contribution in [3.63, 3.8) is 0 Å². The molecule has 0 amide bonds. The molecule has 118 valence electrons. The Morgan fingerprint density at radius 3 is 2.12 bits per heavy atom. The Hall–Kier alpha value is -2.79. The minimum atomic E-state index is 0.532. The van der Waals surface area contributed by atoms with Gasteiger partial charge >= 0.3 is 0 Å². The summed E-state index contributed by atoms with van der Waals surface area (Å²) >= 11 is 1.65. The SMILES string of the molecule is Cc1ccc(-c2nc(-c3ccc(-c4csc(C)n4)cc3)no2)cc1. The van der Waals surface area contributed by atoms with Gasteiger partial charge < -0.3 is 4.52 Å². The first-order valence-electron chi connectivity index (χ1n) is 7.63. The Morgan fingerprint density at radius 1 is 0.792 bits per heavy atom. The monoisotopic (exact) mass is 333 g/mol. The van der Waals surface area contributed by atoms with Crippen LogP contribution in [0.25, 0.3) is 34.1 Å². The lowest BCUT2D eigenvalue weighted by atomic mass is 10.1. The Labute approximate surface area is 143 Å². The molecule has 0 N–H and O–H groups in total. The molecule has 0 aliphatic rings. The molecular weight excluding hydrogens is 318 g/mol. The fourth-order valence-electron chi connectivity index (χ4n) is 2.44. The van der Waals surface area contributed by atoms with Gasteiger partial charge in [0.15, 0.2) is 0 Å². The fraction of sp³-hybridized carbons (Fsp3) is 0.105. The number of nitrogens with zero attached hydrogens (tertiary/aromatic N) is 3. The number of thiazole rings is 1. The van der Waals surface area contributed by atoms with Crippen molar-refractivity contribution in [2.75, 3.05) is 0 Å². The first kappa shape index (κ1) is 14.8. The summed E-state index contributed by atoms with van der Waals surface area (Å²) < 4.78 is 5.39. The highest BCUT2D eigenvalue weighted by molar-refractivity contribution is 7.09. The second kappa shape index (κ2) is 6.02. The Kier molecular flexibility index (Phi) is 3.70. The number of benzene rings is 2. The summed E-state index contributed by atoms with van der Waals surface area (Å²) in [5, 5.41) is 7.22. The highest BCUT2D eigenvalue weighted by Gasteiger charge is 2.11. The van der Waals surface area contributed by atoms with E-state index < -0.39 is 0 Å². The van der Waals surface area contributed by atoms with Gasteiger partial charge in [0.2, 0.25) is 5.82 Å². The smallest absolute Gasteiger partial charge is 0.258 e. The van der Waals surface area contributed by atoms with E-state index in [0.717, 1.165) is 27.4 Å². The lowest BCUT2D eigenvalue weighted by Gasteiger charge is -1.98. The van der Waals surface area contributed by atoms with Crippen LogP contribution in [0.1, 0.15) is 10.6 Å². The zero-order chi connectivity index (χ0) is 16.5. The van der Waals surface area contributed by atoms with Gasteiger partial charge in [-0.25, -0.2) is 4.98 Å². The molecule has 4 nitrogen and oxygen atoms in total. The lowest BCUT2D eigenvalue weighted by Crippen LogP contribution is -1.83. The summed E-state index contributed by atoms with van der Waals surface area (Å²) in [6.45, 7) is 4.06. The van der Waals surface area contributed by atoms with E-state index in [1.165, 1.54) is 5.56 Å². The second-order valence-corrected chi connectivity index (χ2v) is 6.68. The van der Waals surface area contributed by atoms with Crippen molar-refractivity contribution in [2.24, 2.45) is 0 Å². The van der Waals surface area contributed by atoms with Crippen LogP contribution >= 0.6 is 11.3 Å². The molecule has 0 radical (unpaired) electrons. The van der Waals surface area contributed by atoms with Crippen LogP contribution in [0.4, 0.5) is 0 Å². The topological polar surface area (TPSA) is 51.8 Å². The van der Waals surface area contributed by atoms with Crippen LogP contribution in [0.5, 0.6) is 0 Å². The number of rotatable bonds is 3. The van der Waals surface area contributed by atoms with E-state index in [9.17, 15) is 0 Å². The van der Waals surface area contributed by atoms with Gasteiger partial charge in [-0.3, -0.25) is 0 Å². The largest absolute Gasteiger partial charge is 0.334 e. The molecular formula is C19H15N3OS. The molecule has 0 aliphatic carbocycles. The molecule has 0 saturated carbocycles. The Bertz CT molecular complexity index is 969. The van der Waals surface area contributed by atoms with Gasteiger partial charge in [-0.05, 0) is 26.0 Å². The predicted octanol–water partition coefficient (Wildman–Crippen LogP) is 5.14. The van der Waals surface area contributed by atoms with E-state index in [4.69, 9.17) is 4.52 Å². The normalized spacial score (nSPS) is 10.9. The molecule has 2 aromatic carbocycles. The summed E-state index contributed by atoms with van der Waals surface area (Å²) in [6, 6.07) is 16.1. The van der Waals surface area contributed by atoms with Crippen molar-refractivity contribution in [3.05, 3.63) is 64.5 Å². The summed E-state index contributed by atoms with van der Waals surface area (Å²) in [6.07, 6.45) is 0. The van der Waals surface area contributed by atoms with Crippen LogP contribution in [-0.2, 0) is 0 Å². The zero-order valence-electron chi connectivity index (χ0n) is 13.4. The van der Waals surface area contributed by atoms with Gasteiger partial charge in [-0.1, -0.05) is 47.1 Å². The summed E-state index contributed by atoms with van der Waals surface area (Å²) in [7, 11) is 0. The maximum atomic E-state index is 5.39. The third-order valence-corrected chi connectivity index (χ3v) is 4.56. The van der Waals surface area contributed by atoms with Crippen LogP contribution in [-0.4, -0.2) is 15.1 Å². The molecule has 5 heteroatoms.